The highest BCUT2D eigenvalue weighted by molar-refractivity contribution is 5.80. The molecule has 3 N–H and O–H groups in total. The maximum absolute atomic E-state index is 10.9. The molecule has 0 aromatic heterocycles. The van der Waals surface area contributed by atoms with Crippen molar-refractivity contribution in [1.29, 1.82) is 0 Å². The van der Waals surface area contributed by atoms with Gasteiger partial charge in [0.25, 0.3) is 5.91 Å². The molecule has 0 aromatic carbocycles. The second-order valence-corrected chi connectivity index (χ2v) is 2.29. The summed E-state index contributed by atoms with van der Waals surface area (Å²) in [6, 6.07) is -0.438. The lowest BCUT2D eigenvalue weighted by Crippen LogP contribution is -2.40. The van der Waals surface area contributed by atoms with Crippen LogP contribution in [0.15, 0.2) is 0 Å². The van der Waals surface area contributed by atoms with Crippen LogP contribution in [-0.2, 0) is 9.63 Å². The van der Waals surface area contributed by atoms with Crippen molar-refractivity contribution in [2.24, 2.45) is 5.73 Å². The average Bonchev–Trinajstić information content (AvgIpc) is 2.00. The summed E-state index contributed by atoms with van der Waals surface area (Å²) < 4.78 is 0. The fourth-order valence-corrected chi connectivity index (χ4v) is 0.661. The van der Waals surface area contributed by atoms with Crippen LogP contribution < -0.4 is 11.2 Å². The van der Waals surface area contributed by atoms with E-state index in [9.17, 15) is 4.79 Å². The van der Waals surface area contributed by atoms with Crippen molar-refractivity contribution in [3.05, 3.63) is 0 Å². The number of hydrogen-bond acceptors (Lipinski definition) is 3. The summed E-state index contributed by atoms with van der Waals surface area (Å²) in [5.74, 6) is -0.242. The number of nitrogens with two attached hydrogens (primary N) is 1. The Hall–Kier alpha value is -0.610. The van der Waals surface area contributed by atoms with Gasteiger partial charge in [-0.25, -0.2) is 5.48 Å². The number of amides is 1. The van der Waals surface area contributed by atoms with E-state index in [4.69, 9.17) is 5.73 Å². The summed E-state index contributed by atoms with van der Waals surface area (Å²) in [5.41, 5.74) is 7.73. The molecule has 1 amide bonds. The highest BCUT2D eigenvalue weighted by Crippen LogP contribution is 1.92. The van der Waals surface area contributed by atoms with Crippen molar-refractivity contribution < 1.29 is 9.63 Å². The fourth-order valence-electron chi connectivity index (χ4n) is 0.661. The molecule has 4 nitrogen and oxygen atoms in total. The highest BCUT2D eigenvalue weighted by Gasteiger charge is 2.10. The molecule has 0 heterocycles. The van der Waals surface area contributed by atoms with Gasteiger partial charge >= 0.3 is 0 Å². The van der Waals surface area contributed by atoms with E-state index < -0.39 is 6.04 Å². The number of hydrogen-bond donors (Lipinski definition) is 2. The number of carbonyl (C=O) groups is 1. The standard InChI is InChI=1S/C7H16N2O2/c1-3-5-6(8)7(10)9-11-4-2/h6H,3-5,8H2,1-2H3,(H,9,10)/t6-/m1/s1. The van der Waals surface area contributed by atoms with Crippen molar-refractivity contribution in [2.45, 2.75) is 32.7 Å². The Morgan fingerprint density at radius 3 is 2.73 bits per heavy atom. The van der Waals surface area contributed by atoms with E-state index in [-0.39, 0.29) is 5.91 Å². The van der Waals surface area contributed by atoms with Crippen molar-refractivity contribution in [3.8, 4) is 0 Å². The third-order valence-corrected chi connectivity index (χ3v) is 1.25. The molecule has 0 aliphatic rings. The summed E-state index contributed by atoms with van der Waals surface area (Å²) in [7, 11) is 0. The van der Waals surface area contributed by atoms with E-state index in [1.54, 1.807) is 6.92 Å². The second-order valence-electron chi connectivity index (χ2n) is 2.29. The smallest absolute Gasteiger partial charge is 0.260 e. The fraction of sp³-hybridized carbons (Fsp3) is 0.857. The van der Waals surface area contributed by atoms with Gasteiger partial charge in [0.05, 0.1) is 12.6 Å². The summed E-state index contributed by atoms with van der Waals surface area (Å²) in [4.78, 5) is 15.6. The summed E-state index contributed by atoms with van der Waals surface area (Å²) in [6.45, 7) is 4.24. The monoisotopic (exact) mass is 160 g/mol. The van der Waals surface area contributed by atoms with Gasteiger partial charge in [0.2, 0.25) is 0 Å². The highest BCUT2D eigenvalue weighted by atomic mass is 16.6. The number of hydroxylamine groups is 1. The zero-order valence-electron chi connectivity index (χ0n) is 7.09. The zero-order valence-corrected chi connectivity index (χ0v) is 7.09. The first-order valence-electron chi connectivity index (χ1n) is 3.89. The Kier molecular flexibility index (Phi) is 5.78. The van der Waals surface area contributed by atoms with E-state index in [2.05, 4.69) is 10.3 Å². The molecular weight excluding hydrogens is 144 g/mol. The van der Waals surface area contributed by atoms with Crippen LogP contribution in [0.4, 0.5) is 0 Å². The van der Waals surface area contributed by atoms with Crippen LogP contribution in [0.2, 0.25) is 0 Å². The molecule has 66 valence electrons. The van der Waals surface area contributed by atoms with E-state index in [0.29, 0.717) is 13.0 Å². The molecule has 1 atom stereocenters. The van der Waals surface area contributed by atoms with E-state index in [1.807, 2.05) is 6.92 Å². The first kappa shape index (κ1) is 10.4. The second kappa shape index (κ2) is 6.12. The van der Waals surface area contributed by atoms with Gasteiger partial charge in [-0.05, 0) is 13.3 Å². The van der Waals surface area contributed by atoms with Crippen LogP contribution in [0.1, 0.15) is 26.7 Å². The minimum absolute atomic E-state index is 0.242. The lowest BCUT2D eigenvalue weighted by molar-refractivity contribution is -0.134. The van der Waals surface area contributed by atoms with Gasteiger partial charge in [0.1, 0.15) is 0 Å². The molecular formula is C7H16N2O2. The van der Waals surface area contributed by atoms with E-state index >= 15 is 0 Å². The minimum Gasteiger partial charge on any atom is -0.320 e. The van der Waals surface area contributed by atoms with Gasteiger partial charge in [-0.1, -0.05) is 13.3 Å². The first-order chi connectivity index (χ1) is 5.22. The summed E-state index contributed by atoms with van der Waals surface area (Å²) >= 11 is 0. The quantitative estimate of drug-likeness (QED) is 0.564. The Balaban J connectivity index is 3.47. The number of carbonyl (C=O) groups excluding carboxylic acids is 1. The molecule has 11 heavy (non-hydrogen) atoms. The van der Waals surface area contributed by atoms with Crippen LogP contribution in [0.5, 0.6) is 0 Å². The van der Waals surface area contributed by atoms with Gasteiger partial charge in [0.15, 0.2) is 0 Å². The molecule has 0 bridgehead atoms. The molecule has 0 saturated heterocycles. The molecule has 0 aromatic rings. The maximum Gasteiger partial charge on any atom is 0.260 e. The number of nitrogens with one attached hydrogen (secondary N) is 1. The van der Waals surface area contributed by atoms with Crippen LogP contribution >= 0.6 is 0 Å². The third-order valence-electron chi connectivity index (χ3n) is 1.25. The van der Waals surface area contributed by atoms with Gasteiger partial charge in [-0.2, -0.15) is 0 Å². The van der Waals surface area contributed by atoms with Gasteiger partial charge in [-0.15, -0.1) is 0 Å². The maximum atomic E-state index is 10.9. The molecule has 0 radical (unpaired) electrons. The summed E-state index contributed by atoms with van der Waals surface area (Å²) in [5, 5.41) is 0. The largest absolute Gasteiger partial charge is 0.320 e. The van der Waals surface area contributed by atoms with Crippen LogP contribution in [-0.4, -0.2) is 18.6 Å². The molecule has 0 spiro atoms. The predicted molar refractivity (Wildman–Crippen MR) is 42.7 cm³/mol. The van der Waals surface area contributed by atoms with Crippen LogP contribution in [0.25, 0.3) is 0 Å². The molecule has 4 heteroatoms. The number of rotatable bonds is 5. The molecule has 0 aliphatic heterocycles. The molecule has 0 saturated carbocycles. The third kappa shape index (κ3) is 4.75. The van der Waals surface area contributed by atoms with Gasteiger partial charge in [0, 0.05) is 0 Å². The Morgan fingerprint density at radius 2 is 2.27 bits per heavy atom. The molecule has 0 aliphatic carbocycles. The SMILES string of the molecule is CCC[C@@H](N)C(=O)NOCC. The lowest BCUT2D eigenvalue weighted by Gasteiger charge is -2.09. The average molecular weight is 160 g/mol. The molecule has 0 rings (SSSR count). The van der Waals surface area contributed by atoms with Crippen LogP contribution in [0.3, 0.4) is 0 Å². The molecule has 0 fully saturated rings. The Bertz CT molecular complexity index is 117. The van der Waals surface area contributed by atoms with Crippen molar-refractivity contribution in [1.82, 2.24) is 5.48 Å². The predicted octanol–water partition coefficient (Wildman–Crippen LogP) is 0.182. The van der Waals surface area contributed by atoms with E-state index in [0.717, 1.165) is 6.42 Å². The minimum atomic E-state index is -0.438. The van der Waals surface area contributed by atoms with Gasteiger partial charge < -0.3 is 5.73 Å². The normalized spacial score (nSPS) is 12.6. The van der Waals surface area contributed by atoms with Gasteiger partial charge in [-0.3, -0.25) is 9.63 Å². The van der Waals surface area contributed by atoms with E-state index in [1.165, 1.54) is 0 Å². The summed E-state index contributed by atoms with van der Waals surface area (Å²) in [6.07, 6.45) is 1.60. The van der Waals surface area contributed by atoms with Crippen molar-refractivity contribution >= 4 is 5.91 Å². The zero-order chi connectivity index (χ0) is 8.69. The first-order valence-corrected chi connectivity index (χ1v) is 3.89. The van der Waals surface area contributed by atoms with Crippen molar-refractivity contribution in [3.63, 3.8) is 0 Å². The van der Waals surface area contributed by atoms with Crippen LogP contribution in [0, 0.1) is 0 Å². The lowest BCUT2D eigenvalue weighted by atomic mass is 10.2. The van der Waals surface area contributed by atoms with Crippen molar-refractivity contribution in [2.75, 3.05) is 6.61 Å². The topological polar surface area (TPSA) is 64.4 Å². The Morgan fingerprint density at radius 1 is 1.64 bits per heavy atom. The Labute approximate surface area is 67.0 Å². The molecule has 0 unspecified atom stereocenters.